The van der Waals surface area contributed by atoms with E-state index in [1.165, 1.54) is 31.2 Å². The third-order valence-corrected chi connectivity index (χ3v) is 4.73. The fourth-order valence-electron chi connectivity index (χ4n) is 3.72. The predicted octanol–water partition coefficient (Wildman–Crippen LogP) is 4.89. The molecule has 1 atom stereocenters. The van der Waals surface area contributed by atoms with Gasteiger partial charge in [-0.15, -0.1) is 0 Å². The number of aromatic amines is 1. The van der Waals surface area contributed by atoms with Crippen molar-refractivity contribution >= 4 is 11.0 Å². The van der Waals surface area contributed by atoms with Crippen LogP contribution in [-0.2, 0) is 0 Å². The molecular formula is C19H20N2. The van der Waals surface area contributed by atoms with Gasteiger partial charge in [0.1, 0.15) is 5.82 Å². The van der Waals surface area contributed by atoms with Crippen molar-refractivity contribution in [2.75, 3.05) is 0 Å². The van der Waals surface area contributed by atoms with Crippen LogP contribution < -0.4 is 0 Å². The Kier molecular flexibility index (Phi) is 3.23. The highest BCUT2D eigenvalue weighted by Crippen LogP contribution is 2.40. The van der Waals surface area contributed by atoms with Crippen LogP contribution >= 0.6 is 0 Å². The van der Waals surface area contributed by atoms with Crippen LogP contribution in [0.25, 0.3) is 11.0 Å². The van der Waals surface area contributed by atoms with Gasteiger partial charge in [0.2, 0.25) is 0 Å². The number of nitrogens with zero attached hydrogens (tertiary/aromatic N) is 1. The minimum absolute atomic E-state index is 0.404. The second-order valence-electron chi connectivity index (χ2n) is 6.07. The summed E-state index contributed by atoms with van der Waals surface area (Å²) in [6.45, 7) is 0. The van der Waals surface area contributed by atoms with E-state index < -0.39 is 0 Å². The molecule has 3 aromatic rings. The Morgan fingerprint density at radius 1 is 0.905 bits per heavy atom. The summed E-state index contributed by atoms with van der Waals surface area (Å²) in [5, 5.41) is 0. The number of nitrogens with one attached hydrogen (secondary N) is 1. The van der Waals surface area contributed by atoms with Crippen LogP contribution in [0.2, 0.25) is 0 Å². The lowest BCUT2D eigenvalue weighted by atomic mass is 9.84. The average molecular weight is 276 g/mol. The van der Waals surface area contributed by atoms with Crippen molar-refractivity contribution < 1.29 is 0 Å². The Bertz CT molecular complexity index is 690. The van der Waals surface area contributed by atoms with Crippen LogP contribution in [0.5, 0.6) is 0 Å². The molecule has 1 aliphatic carbocycles. The summed E-state index contributed by atoms with van der Waals surface area (Å²) in [4.78, 5) is 8.44. The van der Waals surface area contributed by atoms with Gasteiger partial charge >= 0.3 is 0 Å². The van der Waals surface area contributed by atoms with Gasteiger partial charge < -0.3 is 4.98 Å². The number of aromatic nitrogens is 2. The highest BCUT2D eigenvalue weighted by atomic mass is 14.9. The molecule has 21 heavy (non-hydrogen) atoms. The largest absolute Gasteiger partial charge is 0.341 e. The van der Waals surface area contributed by atoms with Crippen molar-refractivity contribution in [3.63, 3.8) is 0 Å². The lowest BCUT2D eigenvalue weighted by molar-refractivity contribution is 0.470. The summed E-state index contributed by atoms with van der Waals surface area (Å²) < 4.78 is 0. The molecule has 0 spiro atoms. The molecule has 2 aromatic carbocycles. The quantitative estimate of drug-likeness (QED) is 0.725. The SMILES string of the molecule is c1ccc(C(c2nc3ccccc3[nH]2)C2CCCC2)cc1. The fraction of sp³-hybridized carbons (Fsp3) is 0.316. The van der Waals surface area contributed by atoms with E-state index in [0.717, 1.165) is 16.9 Å². The molecule has 106 valence electrons. The zero-order valence-corrected chi connectivity index (χ0v) is 12.1. The van der Waals surface area contributed by atoms with E-state index >= 15 is 0 Å². The van der Waals surface area contributed by atoms with Gasteiger partial charge in [-0.2, -0.15) is 0 Å². The first-order chi connectivity index (χ1) is 10.4. The molecule has 1 fully saturated rings. The Labute approximate surface area is 125 Å². The van der Waals surface area contributed by atoms with Gasteiger partial charge in [0, 0.05) is 5.92 Å². The van der Waals surface area contributed by atoms with Gasteiger partial charge in [0.25, 0.3) is 0 Å². The Morgan fingerprint density at radius 2 is 1.62 bits per heavy atom. The maximum Gasteiger partial charge on any atom is 0.115 e. The molecule has 0 bridgehead atoms. The number of hydrogen-bond donors (Lipinski definition) is 1. The number of benzene rings is 2. The summed E-state index contributed by atoms with van der Waals surface area (Å²) in [6.07, 6.45) is 5.34. The van der Waals surface area contributed by atoms with E-state index in [-0.39, 0.29) is 0 Å². The Morgan fingerprint density at radius 3 is 2.38 bits per heavy atom. The number of hydrogen-bond acceptors (Lipinski definition) is 1. The smallest absolute Gasteiger partial charge is 0.115 e. The van der Waals surface area contributed by atoms with Crippen molar-refractivity contribution in [2.24, 2.45) is 5.92 Å². The van der Waals surface area contributed by atoms with Crippen molar-refractivity contribution in [3.8, 4) is 0 Å². The molecule has 1 unspecified atom stereocenters. The third-order valence-electron chi connectivity index (χ3n) is 4.73. The van der Waals surface area contributed by atoms with E-state index in [4.69, 9.17) is 4.98 Å². The summed E-state index contributed by atoms with van der Waals surface area (Å²) in [5.74, 6) is 2.25. The Balaban J connectivity index is 1.81. The first-order valence-electron chi connectivity index (χ1n) is 7.91. The average Bonchev–Trinajstić information content (AvgIpc) is 3.18. The van der Waals surface area contributed by atoms with Crippen LogP contribution in [-0.4, -0.2) is 9.97 Å². The first kappa shape index (κ1) is 12.6. The monoisotopic (exact) mass is 276 g/mol. The molecule has 1 aliphatic rings. The molecule has 1 heterocycles. The highest BCUT2D eigenvalue weighted by Gasteiger charge is 2.29. The number of imidazole rings is 1. The van der Waals surface area contributed by atoms with Crippen molar-refractivity contribution in [1.82, 2.24) is 9.97 Å². The number of rotatable bonds is 3. The summed E-state index contributed by atoms with van der Waals surface area (Å²) in [5.41, 5.74) is 3.61. The molecule has 0 radical (unpaired) electrons. The summed E-state index contributed by atoms with van der Waals surface area (Å²) in [7, 11) is 0. The second kappa shape index (κ2) is 5.36. The van der Waals surface area contributed by atoms with Gasteiger partial charge in [0.15, 0.2) is 0 Å². The van der Waals surface area contributed by atoms with Crippen molar-refractivity contribution in [3.05, 3.63) is 66.0 Å². The molecule has 4 rings (SSSR count). The van der Waals surface area contributed by atoms with Crippen molar-refractivity contribution in [1.29, 1.82) is 0 Å². The number of para-hydroxylation sites is 2. The van der Waals surface area contributed by atoms with Gasteiger partial charge in [-0.3, -0.25) is 0 Å². The van der Waals surface area contributed by atoms with E-state index in [1.807, 2.05) is 0 Å². The molecule has 1 aromatic heterocycles. The molecule has 0 amide bonds. The number of H-pyrrole nitrogens is 1. The van der Waals surface area contributed by atoms with E-state index in [2.05, 4.69) is 59.6 Å². The van der Waals surface area contributed by atoms with Gasteiger partial charge in [-0.1, -0.05) is 55.3 Å². The molecule has 2 nitrogen and oxygen atoms in total. The Hall–Kier alpha value is -2.09. The zero-order chi connectivity index (χ0) is 14.1. The van der Waals surface area contributed by atoms with Crippen LogP contribution in [0, 0.1) is 5.92 Å². The van der Waals surface area contributed by atoms with E-state index in [1.54, 1.807) is 0 Å². The molecule has 0 aliphatic heterocycles. The molecule has 1 N–H and O–H groups in total. The predicted molar refractivity (Wildman–Crippen MR) is 86.3 cm³/mol. The van der Waals surface area contributed by atoms with Gasteiger partial charge in [-0.05, 0) is 36.5 Å². The standard InChI is InChI=1S/C19H20N2/c1-2-8-14(9-3-1)18(15-10-4-5-11-15)19-20-16-12-6-7-13-17(16)21-19/h1-3,6-9,12-13,15,18H,4-5,10-11H2,(H,20,21). The normalized spacial score (nSPS) is 17.3. The van der Waals surface area contributed by atoms with Crippen LogP contribution in [0.15, 0.2) is 54.6 Å². The lowest BCUT2D eigenvalue weighted by Gasteiger charge is -2.22. The van der Waals surface area contributed by atoms with Gasteiger partial charge in [-0.25, -0.2) is 4.98 Å². The molecular weight excluding hydrogens is 256 g/mol. The minimum atomic E-state index is 0.404. The maximum absolute atomic E-state index is 4.88. The highest BCUT2D eigenvalue weighted by molar-refractivity contribution is 5.75. The fourth-order valence-corrected chi connectivity index (χ4v) is 3.72. The van der Waals surface area contributed by atoms with Crippen LogP contribution in [0.1, 0.15) is 43.0 Å². The third kappa shape index (κ3) is 2.35. The van der Waals surface area contributed by atoms with Crippen LogP contribution in [0.4, 0.5) is 0 Å². The molecule has 1 saturated carbocycles. The topological polar surface area (TPSA) is 28.7 Å². The second-order valence-corrected chi connectivity index (χ2v) is 6.07. The summed E-state index contributed by atoms with van der Waals surface area (Å²) >= 11 is 0. The molecule has 2 heteroatoms. The van der Waals surface area contributed by atoms with Gasteiger partial charge in [0.05, 0.1) is 11.0 Å². The number of fused-ring (bicyclic) bond motifs is 1. The molecule has 0 saturated heterocycles. The van der Waals surface area contributed by atoms with E-state index in [9.17, 15) is 0 Å². The zero-order valence-electron chi connectivity index (χ0n) is 12.1. The van der Waals surface area contributed by atoms with E-state index in [0.29, 0.717) is 11.8 Å². The summed E-state index contributed by atoms with van der Waals surface area (Å²) in [6, 6.07) is 19.2. The minimum Gasteiger partial charge on any atom is -0.341 e. The lowest BCUT2D eigenvalue weighted by Crippen LogP contribution is -2.13. The van der Waals surface area contributed by atoms with Crippen LogP contribution in [0.3, 0.4) is 0 Å². The van der Waals surface area contributed by atoms with Crippen molar-refractivity contribution in [2.45, 2.75) is 31.6 Å². The first-order valence-corrected chi connectivity index (χ1v) is 7.91. The maximum atomic E-state index is 4.88.